The molecule has 5 rings (SSSR count). The number of methoxy groups -OCH3 is 1. The zero-order valence-corrected chi connectivity index (χ0v) is 21.2. The van der Waals surface area contributed by atoms with Gasteiger partial charge in [-0.2, -0.15) is 0 Å². The highest BCUT2D eigenvalue weighted by Gasteiger charge is 2.42. The molecular formula is C26H29ClN4O3S. The fourth-order valence-electron chi connectivity index (χ4n) is 4.79. The van der Waals surface area contributed by atoms with Gasteiger partial charge in [0.2, 0.25) is 0 Å². The summed E-state index contributed by atoms with van der Waals surface area (Å²) in [5.41, 5.74) is 2.96. The first kappa shape index (κ1) is 24.1. The first-order valence-electron chi connectivity index (χ1n) is 11.8. The van der Waals surface area contributed by atoms with E-state index in [1.165, 1.54) is 0 Å². The average Bonchev–Trinajstić information content (AvgIpc) is 3.62. The van der Waals surface area contributed by atoms with Crippen LogP contribution in [0.5, 0.6) is 5.75 Å². The van der Waals surface area contributed by atoms with Crippen molar-refractivity contribution in [2.45, 2.75) is 37.6 Å². The van der Waals surface area contributed by atoms with Gasteiger partial charge in [-0.3, -0.25) is 4.98 Å². The molecule has 4 heterocycles. The van der Waals surface area contributed by atoms with Crippen LogP contribution in [-0.4, -0.2) is 47.7 Å². The SMILES string of the molecule is COCCOc1ccc(N2C(=S)N[C@@H](c3ccccn3)[C@@H]2c2cccn2C[C@@H]2CCCO2)cc1Cl. The molecule has 3 atom stereocenters. The van der Waals surface area contributed by atoms with Crippen LogP contribution in [-0.2, 0) is 16.0 Å². The molecule has 2 saturated heterocycles. The number of ether oxygens (including phenoxy) is 3. The van der Waals surface area contributed by atoms with Crippen LogP contribution in [0.25, 0.3) is 0 Å². The summed E-state index contributed by atoms with van der Waals surface area (Å²) >= 11 is 12.5. The molecule has 2 aromatic heterocycles. The highest BCUT2D eigenvalue weighted by Crippen LogP contribution is 2.43. The highest BCUT2D eigenvalue weighted by molar-refractivity contribution is 7.80. The lowest BCUT2D eigenvalue weighted by atomic mass is 10.0. The van der Waals surface area contributed by atoms with Gasteiger partial charge in [0.25, 0.3) is 0 Å². The summed E-state index contributed by atoms with van der Waals surface area (Å²) in [4.78, 5) is 6.78. The second-order valence-electron chi connectivity index (χ2n) is 8.67. The van der Waals surface area contributed by atoms with Gasteiger partial charge < -0.3 is 29.0 Å². The number of nitrogens with zero attached hydrogens (tertiary/aromatic N) is 3. The Kier molecular flexibility index (Phi) is 7.53. The maximum Gasteiger partial charge on any atom is 0.174 e. The van der Waals surface area contributed by atoms with Crippen molar-refractivity contribution in [1.29, 1.82) is 0 Å². The molecule has 0 aliphatic carbocycles. The number of benzene rings is 1. The molecule has 1 N–H and O–H groups in total. The van der Waals surface area contributed by atoms with Gasteiger partial charge in [-0.15, -0.1) is 0 Å². The molecule has 1 aromatic carbocycles. The van der Waals surface area contributed by atoms with E-state index in [1.807, 2.05) is 42.6 Å². The van der Waals surface area contributed by atoms with E-state index in [4.69, 9.17) is 38.0 Å². The Hall–Kier alpha value is -2.65. The van der Waals surface area contributed by atoms with Crippen LogP contribution in [0.4, 0.5) is 5.69 Å². The molecule has 2 aliphatic heterocycles. The van der Waals surface area contributed by atoms with Crippen molar-refractivity contribution in [2.75, 3.05) is 31.8 Å². The largest absolute Gasteiger partial charge is 0.490 e. The molecule has 2 fully saturated rings. The second-order valence-corrected chi connectivity index (χ2v) is 9.47. The molecule has 0 spiro atoms. The van der Waals surface area contributed by atoms with E-state index in [-0.39, 0.29) is 18.2 Å². The molecule has 0 bridgehead atoms. The van der Waals surface area contributed by atoms with Crippen molar-refractivity contribution in [2.24, 2.45) is 0 Å². The number of hydrogen-bond acceptors (Lipinski definition) is 5. The molecule has 9 heteroatoms. The monoisotopic (exact) mass is 512 g/mol. The lowest BCUT2D eigenvalue weighted by Crippen LogP contribution is -2.31. The summed E-state index contributed by atoms with van der Waals surface area (Å²) in [6.07, 6.45) is 6.34. The lowest BCUT2D eigenvalue weighted by Gasteiger charge is -2.29. The van der Waals surface area contributed by atoms with Gasteiger partial charge in [0.05, 0.1) is 29.5 Å². The number of rotatable bonds is 9. The molecule has 0 unspecified atom stereocenters. The molecule has 2 aliphatic rings. The molecule has 7 nitrogen and oxygen atoms in total. The minimum Gasteiger partial charge on any atom is -0.490 e. The molecule has 0 amide bonds. The van der Waals surface area contributed by atoms with Gasteiger partial charge in [-0.1, -0.05) is 17.7 Å². The second kappa shape index (κ2) is 11.0. The van der Waals surface area contributed by atoms with Crippen molar-refractivity contribution in [3.05, 3.63) is 77.3 Å². The predicted octanol–water partition coefficient (Wildman–Crippen LogP) is 4.92. The van der Waals surface area contributed by atoms with Crippen LogP contribution in [0.2, 0.25) is 5.02 Å². The molecule has 35 heavy (non-hydrogen) atoms. The Morgan fingerprint density at radius 2 is 2.11 bits per heavy atom. The van der Waals surface area contributed by atoms with E-state index in [2.05, 4.69) is 38.1 Å². The quantitative estimate of drug-likeness (QED) is 0.322. The van der Waals surface area contributed by atoms with Gasteiger partial charge >= 0.3 is 0 Å². The molecule has 184 valence electrons. The Morgan fingerprint density at radius 3 is 2.86 bits per heavy atom. The Labute approximate surface area is 215 Å². The maximum atomic E-state index is 6.61. The van der Waals surface area contributed by atoms with Crippen molar-refractivity contribution in [3.8, 4) is 5.75 Å². The summed E-state index contributed by atoms with van der Waals surface area (Å²) in [6, 6.07) is 15.7. The average molecular weight is 513 g/mol. The summed E-state index contributed by atoms with van der Waals surface area (Å²) in [5.74, 6) is 0.616. The topological polar surface area (TPSA) is 60.8 Å². The third kappa shape index (κ3) is 5.16. The van der Waals surface area contributed by atoms with Crippen LogP contribution >= 0.6 is 23.8 Å². The number of anilines is 1. The molecule has 0 radical (unpaired) electrons. The smallest absolute Gasteiger partial charge is 0.174 e. The molecule has 3 aromatic rings. The van der Waals surface area contributed by atoms with Gasteiger partial charge in [-0.25, -0.2) is 0 Å². The van der Waals surface area contributed by atoms with Gasteiger partial charge in [0.15, 0.2) is 5.11 Å². The van der Waals surface area contributed by atoms with E-state index in [0.717, 1.165) is 43.1 Å². The van der Waals surface area contributed by atoms with Crippen molar-refractivity contribution in [1.82, 2.24) is 14.9 Å². The Morgan fingerprint density at radius 1 is 1.20 bits per heavy atom. The van der Waals surface area contributed by atoms with Crippen LogP contribution in [0.1, 0.15) is 36.3 Å². The summed E-state index contributed by atoms with van der Waals surface area (Å²) < 4.78 is 19.0. The maximum absolute atomic E-state index is 6.61. The summed E-state index contributed by atoms with van der Waals surface area (Å²) in [5, 5.41) is 4.66. The van der Waals surface area contributed by atoms with Crippen LogP contribution in [0.15, 0.2) is 60.9 Å². The predicted molar refractivity (Wildman–Crippen MR) is 140 cm³/mol. The summed E-state index contributed by atoms with van der Waals surface area (Å²) in [7, 11) is 1.64. The number of thiocarbonyl (C=S) groups is 1. The van der Waals surface area contributed by atoms with Crippen LogP contribution < -0.4 is 15.0 Å². The van der Waals surface area contributed by atoms with Crippen LogP contribution in [0, 0.1) is 0 Å². The fraction of sp³-hybridized carbons (Fsp3) is 0.385. The lowest BCUT2D eigenvalue weighted by molar-refractivity contribution is 0.0961. The van der Waals surface area contributed by atoms with E-state index in [0.29, 0.717) is 29.1 Å². The van der Waals surface area contributed by atoms with Gasteiger partial charge in [-0.05, 0) is 67.5 Å². The number of pyridine rings is 1. The number of nitrogens with one attached hydrogen (secondary N) is 1. The van der Waals surface area contributed by atoms with Gasteiger partial charge in [0.1, 0.15) is 18.4 Å². The molecule has 0 saturated carbocycles. The zero-order chi connectivity index (χ0) is 24.2. The highest BCUT2D eigenvalue weighted by atomic mass is 35.5. The third-order valence-electron chi connectivity index (χ3n) is 6.43. The van der Waals surface area contributed by atoms with E-state index in [1.54, 1.807) is 7.11 Å². The van der Waals surface area contributed by atoms with E-state index >= 15 is 0 Å². The number of hydrogen-bond donors (Lipinski definition) is 1. The van der Waals surface area contributed by atoms with Crippen LogP contribution in [0.3, 0.4) is 0 Å². The van der Waals surface area contributed by atoms with Crippen molar-refractivity contribution < 1.29 is 14.2 Å². The van der Waals surface area contributed by atoms with Crippen molar-refractivity contribution in [3.63, 3.8) is 0 Å². The first-order valence-corrected chi connectivity index (χ1v) is 12.6. The fourth-order valence-corrected chi connectivity index (χ4v) is 5.37. The normalized spacial score (nSPS) is 21.9. The van der Waals surface area contributed by atoms with Crippen molar-refractivity contribution >= 4 is 34.6 Å². The standard InChI is InChI=1S/C26H29ClN4O3S/c1-32-14-15-34-23-10-9-18(16-20(23)27)31-25(24(29-26(31)35)21-7-2-3-11-28-21)22-8-4-12-30(22)17-19-6-5-13-33-19/h2-4,7-12,16,19,24-25H,5-6,13-15,17H2,1H3,(H,29,35)/t19-,24-,25-/m0/s1. The van der Waals surface area contributed by atoms with Gasteiger partial charge in [0, 0.05) is 44.0 Å². The zero-order valence-electron chi connectivity index (χ0n) is 19.6. The Bertz CT molecular complexity index is 1150. The minimum absolute atomic E-state index is 0.120. The minimum atomic E-state index is -0.127. The van der Waals surface area contributed by atoms with E-state index < -0.39 is 0 Å². The number of halogens is 1. The molecular weight excluding hydrogens is 484 g/mol. The first-order chi connectivity index (χ1) is 17.2. The third-order valence-corrected chi connectivity index (χ3v) is 7.04. The van der Waals surface area contributed by atoms with E-state index in [9.17, 15) is 0 Å². The number of aromatic nitrogens is 2. The Balaban J connectivity index is 1.51. The summed E-state index contributed by atoms with van der Waals surface area (Å²) in [6.45, 7) is 2.56.